The van der Waals surface area contributed by atoms with Crippen molar-refractivity contribution in [3.63, 3.8) is 0 Å². The van der Waals surface area contributed by atoms with Crippen LogP contribution >= 0.6 is 0 Å². The first-order valence-electron chi connectivity index (χ1n) is 10.1. The smallest absolute Gasteiger partial charge is 0.191 e. The molecule has 2 heterocycles. The molecule has 2 aromatic rings. The van der Waals surface area contributed by atoms with E-state index in [1.165, 1.54) is 17.4 Å². The van der Waals surface area contributed by atoms with Crippen molar-refractivity contribution in [3.8, 4) is 0 Å². The van der Waals surface area contributed by atoms with Crippen LogP contribution in [0.3, 0.4) is 0 Å². The van der Waals surface area contributed by atoms with Crippen molar-refractivity contribution in [2.45, 2.75) is 33.2 Å². The molecule has 1 aromatic heterocycles. The molecular formula is C21H32N4O2. The molecule has 0 bridgehead atoms. The first-order valence-corrected chi connectivity index (χ1v) is 10.1. The summed E-state index contributed by atoms with van der Waals surface area (Å²) >= 11 is 0. The predicted octanol–water partition coefficient (Wildman–Crippen LogP) is 2.91. The summed E-state index contributed by atoms with van der Waals surface area (Å²) in [7, 11) is 0. The predicted molar refractivity (Wildman–Crippen MR) is 110 cm³/mol. The van der Waals surface area contributed by atoms with Crippen molar-refractivity contribution >= 4 is 16.9 Å². The van der Waals surface area contributed by atoms with E-state index in [9.17, 15) is 0 Å². The number of hydrogen-bond donors (Lipinski definition) is 2. The number of ether oxygens (including phenoxy) is 1. The number of guanidine groups is 1. The molecule has 27 heavy (non-hydrogen) atoms. The summed E-state index contributed by atoms with van der Waals surface area (Å²) in [6, 6.07) is 8.15. The van der Waals surface area contributed by atoms with Crippen LogP contribution in [0.15, 0.2) is 33.7 Å². The number of rotatable bonds is 8. The van der Waals surface area contributed by atoms with Crippen LogP contribution in [-0.2, 0) is 11.3 Å². The SMILES string of the molecule is CCNC(=NCc1oc2ccccc2c1C)NCCCCN1CCOCC1. The quantitative estimate of drug-likeness (QED) is 0.424. The fourth-order valence-electron chi connectivity index (χ4n) is 3.36. The van der Waals surface area contributed by atoms with E-state index in [4.69, 9.17) is 14.1 Å². The minimum Gasteiger partial charge on any atom is -0.459 e. The molecule has 0 amide bonds. The summed E-state index contributed by atoms with van der Waals surface area (Å²) in [5, 5.41) is 7.92. The van der Waals surface area contributed by atoms with Gasteiger partial charge in [-0.15, -0.1) is 0 Å². The van der Waals surface area contributed by atoms with Gasteiger partial charge < -0.3 is 19.8 Å². The van der Waals surface area contributed by atoms with Crippen LogP contribution < -0.4 is 10.6 Å². The van der Waals surface area contributed by atoms with E-state index in [-0.39, 0.29) is 0 Å². The Balaban J connectivity index is 1.46. The van der Waals surface area contributed by atoms with Gasteiger partial charge in [0, 0.05) is 37.1 Å². The van der Waals surface area contributed by atoms with E-state index in [0.29, 0.717) is 6.54 Å². The average molecular weight is 373 g/mol. The van der Waals surface area contributed by atoms with Gasteiger partial charge in [0.2, 0.25) is 0 Å². The van der Waals surface area contributed by atoms with Crippen LogP contribution in [0, 0.1) is 6.92 Å². The monoisotopic (exact) mass is 372 g/mol. The fourth-order valence-corrected chi connectivity index (χ4v) is 3.36. The molecule has 1 aromatic carbocycles. The van der Waals surface area contributed by atoms with Crippen LogP contribution in [0.1, 0.15) is 31.1 Å². The number of unbranched alkanes of at least 4 members (excludes halogenated alkanes) is 1. The van der Waals surface area contributed by atoms with Gasteiger partial charge in [-0.05, 0) is 39.3 Å². The van der Waals surface area contributed by atoms with E-state index in [1.54, 1.807) is 0 Å². The number of morpholine rings is 1. The molecule has 1 fully saturated rings. The Hall–Kier alpha value is -2.05. The first kappa shape index (κ1) is 19.7. The zero-order valence-corrected chi connectivity index (χ0v) is 16.6. The highest BCUT2D eigenvalue weighted by atomic mass is 16.5. The second-order valence-corrected chi connectivity index (χ2v) is 6.93. The third-order valence-electron chi connectivity index (χ3n) is 4.96. The van der Waals surface area contributed by atoms with Gasteiger partial charge in [-0.25, -0.2) is 4.99 Å². The molecule has 1 aliphatic heterocycles. The standard InChI is InChI=1S/C21H32N4O2/c1-3-22-21(23-10-6-7-11-25-12-14-26-15-13-25)24-16-20-17(2)18-8-4-5-9-19(18)27-20/h4-5,8-9H,3,6-7,10-16H2,1-2H3,(H2,22,23,24). The van der Waals surface area contributed by atoms with E-state index in [2.05, 4.69) is 35.4 Å². The highest BCUT2D eigenvalue weighted by Crippen LogP contribution is 2.25. The largest absolute Gasteiger partial charge is 0.459 e. The van der Waals surface area contributed by atoms with Crippen molar-refractivity contribution in [2.75, 3.05) is 45.9 Å². The summed E-state index contributed by atoms with van der Waals surface area (Å²) in [6.07, 6.45) is 2.32. The topological polar surface area (TPSA) is 62.0 Å². The summed E-state index contributed by atoms with van der Waals surface area (Å²) in [5.41, 5.74) is 2.11. The van der Waals surface area contributed by atoms with Gasteiger partial charge in [0.1, 0.15) is 17.9 Å². The van der Waals surface area contributed by atoms with Gasteiger partial charge in [-0.3, -0.25) is 4.90 Å². The molecule has 148 valence electrons. The normalized spacial score (nSPS) is 16.0. The molecule has 0 spiro atoms. The van der Waals surface area contributed by atoms with Gasteiger partial charge in [-0.1, -0.05) is 18.2 Å². The van der Waals surface area contributed by atoms with Gasteiger partial charge in [0.05, 0.1) is 13.2 Å². The number of furan rings is 1. The Morgan fingerprint density at radius 1 is 1.15 bits per heavy atom. The molecule has 6 heteroatoms. The summed E-state index contributed by atoms with van der Waals surface area (Å²) in [4.78, 5) is 7.18. The second-order valence-electron chi connectivity index (χ2n) is 6.93. The molecule has 1 aliphatic rings. The van der Waals surface area contributed by atoms with E-state index < -0.39 is 0 Å². The van der Waals surface area contributed by atoms with Crippen LogP contribution in [0.5, 0.6) is 0 Å². The Bertz CT molecular complexity index is 735. The lowest BCUT2D eigenvalue weighted by atomic mass is 10.1. The van der Waals surface area contributed by atoms with Crippen LogP contribution in [0.2, 0.25) is 0 Å². The van der Waals surface area contributed by atoms with Gasteiger partial charge in [0.15, 0.2) is 5.96 Å². The Morgan fingerprint density at radius 3 is 2.74 bits per heavy atom. The number of nitrogens with one attached hydrogen (secondary N) is 2. The Kier molecular flexibility index (Phi) is 7.54. The molecule has 2 N–H and O–H groups in total. The minimum absolute atomic E-state index is 0.545. The molecule has 0 aliphatic carbocycles. The minimum atomic E-state index is 0.545. The maximum absolute atomic E-state index is 5.96. The van der Waals surface area contributed by atoms with Crippen LogP contribution in [0.25, 0.3) is 11.0 Å². The zero-order chi connectivity index (χ0) is 18.9. The number of fused-ring (bicyclic) bond motifs is 1. The van der Waals surface area contributed by atoms with Crippen molar-refractivity contribution in [1.29, 1.82) is 0 Å². The summed E-state index contributed by atoms with van der Waals surface area (Å²) < 4.78 is 11.4. The molecule has 0 unspecified atom stereocenters. The highest BCUT2D eigenvalue weighted by Gasteiger charge is 2.10. The zero-order valence-electron chi connectivity index (χ0n) is 16.6. The average Bonchev–Trinajstić information content (AvgIpc) is 3.02. The molecule has 0 atom stereocenters. The van der Waals surface area contributed by atoms with Crippen LogP contribution in [0.4, 0.5) is 0 Å². The van der Waals surface area contributed by atoms with Crippen LogP contribution in [-0.4, -0.2) is 56.8 Å². The third kappa shape index (κ3) is 5.71. The van der Waals surface area contributed by atoms with Gasteiger partial charge in [0.25, 0.3) is 0 Å². The Morgan fingerprint density at radius 2 is 1.96 bits per heavy atom. The maximum atomic E-state index is 5.96. The highest BCUT2D eigenvalue weighted by molar-refractivity contribution is 5.82. The lowest BCUT2D eigenvalue weighted by Crippen LogP contribution is -2.39. The maximum Gasteiger partial charge on any atom is 0.191 e. The molecular weight excluding hydrogens is 340 g/mol. The number of aryl methyl sites for hydroxylation is 1. The van der Waals surface area contributed by atoms with E-state index in [0.717, 1.165) is 69.7 Å². The van der Waals surface area contributed by atoms with Crippen molar-refractivity contribution in [3.05, 3.63) is 35.6 Å². The number of nitrogens with zero attached hydrogens (tertiary/aromatic N) is 2. The lowest BCUT2D eigenvalue weighted by Gasteiger charge is -2.26. The summed E-state index contributed by atoms with van der Waals surface area (Å²) in [5.74, 6) is 1.78. The van der Waals surface area contributed by atoms with Gasteiger partial charge >= 0.3 is 0 Å². The number of benzene rings is 1. The molecule has 0 radical (unpaired) electrons. The first-order chi connectivity index (χ1) is 13.3. The molecule has 1 saturated heterocycles. The third-order valence-corrected chi connectivity index (χ3v) is 4.96. The van der Waals surface area contributed by atoms with Crippen molar-refractivity contribution in [2.24, 2.45) is 4.99 Å². The van der Waals surface area contributed by atoms with E-state index in [1.807, 2.05) is 18.2 Å². The summed E-state index contributed by atoms with van der Waals surface area (Å²) in [6.45, 7) is 11.5. The fraction of sp³-hybridized carbons (Fsp3) is 0.571. The lowest BCUT2D eigenvalue weighted by molar-refractivity contribution is 0.0372. The van der Waals surface area contributed by atoms with E-state index >= 15 is 0 Å². The molecule has 3 rings (SSSR count). The second kappa shape index (κ2) is 10.3. The number of aliphatic imine (C=N–C) groups is 1. The van der Waals surface area contributed by atoms with Gasteiger partial charge in [-0.2, -0.15) is 0 Å². The molecule has 6 nitrogen and oxygen atoms in total. The Labute approximate surface area is 162 Å². The number of para-hydroxylation sites is 1. The van der Waals surface area contributed by atoms with Crippen molar-refractivity contribution < 1.29 is 9.15 Å². The number of hydrogen-bond acceptors (Lipinski definition) is 4. The van der Waals surface area contributed by atoms with Crippen molar-refractivity contribution in [1.82, 2.24) is 15.5 Å². The molecule has 0 saturated carbocycles.